The fourth-order valence-corrected chi connectivity index (χ4v) is 2.50. The quantitative estimate of drug-likeness (QED) is 0.762. The molecule has 2 heterocycles. The summed E-state index contributed by atoms with van der Waals surface area (Å²) < 4.78 is 5.35. The molecule has 0 aromatic carbocycles. The maximum atomic E-state index is 11.9. The summed E-state index contributed by atoms with van der Waals surface area (Å²) in [7, 11) is 0. The lowest BCUT2D eigenvalue weighted by atomic mass is 10.0. The molecular formula is C11H17NO4. The molecule has 2 aliphatic heterocycles. The molecule has 1 amide bonds. The normalized spacial score (nSPS) is 30.8. The van der Waals surface area contributed by atoms with Gasteiger partial charge < -0.3 is 14.7 Å². The Hall–Kier alpha value is -1.10. The lowest BCUT2D eigenvalue weighted by Crippen LogP contribution is -2.42. The number of carboxylic acids is 1. The molecule has 0 spiro atoms. The smallest absolute Gasteiger partial charge is 0.304 e. The molecule has 16 heavy (non-hydrogen) atoms. The Morgan fingerprint density at radius 2 is 2.31 bits per heavy atom. The number of carboxylic acid groups (broad SMARTS) is 1. The molecule has 5 nitrogen and oxygen atoms in total. The Labute approximate surface area is 94.4 Å². The van der Waals surface area contributed by atoms with Crippen molar-refractivity contribution in [3.8, 4) is 0 Å². The number of ether oxygens (including phenoxy) is 1. The van der Waals surface area contributed by atoms with Gasteiger partial charge in [-0.15, -0.1) is 0 Å². The first-order valence-corrected chi connectivity index (χ1v) is 5.78. The molecule has 2 aliphatic rings. The van der Waals surface area contributed by atoms with Crippen molar-refractivity contribution >= 4 is 11.9 Å². The van der Waals surface area contributed by atoms with Crippen molar-refractivity contribution in [1.29, 1.82) is 0 Å². The van der Waals surface area contributed by atoms with Crippen LogP contribution in [0.2, 0.25) is 0 Å². The average Bonchev–Trinajstić information content (AvgIpc) is 2.61. The Kier molecular flexibility index (Phi) is 3.43. The monoisotopic (exact) mass is 227 g/mol. The molecule has 2 saturated heterocycles. The number of aliphatic carboxylic acids is 1. The highest BCUT2D eigenvalue weighted by Gasteiger charge is 2.37. The van der Waals surface area contributed by atoms with Crippen LogP contribution in [0.3, 0.4) is 0 Å². The SMILES string of the molecule is O=C(O)CC1CCN(C2CCCOC2)C1=O. The van der Waals surface area contributed by atoms with Gasteiger partial charge in [-0.05, 0) is 19.3 Å². The van der Waals surface area contributed by atoms with E-state index >= 15 is 0 Å². The van der Waals surface area contributed by atoms with E-state index in [0.29, 0.717) is 19.6 Å². The Balaban J connectivity index is 1.92. The summed E-state index contributed by atoms with van der Waals surface area (Å²) in [5.41, 5.74) is 0. The zero-order chi connectivity index (χ0) is 11.5. The maximum absolute atomic E-state index is 11.9. The van der Waals surface area contributed by atoms with E-state index in [2.05, 4.69) is 0 Å². The third-order valence-corrected chi connectivity index (χ3v) is 3.35. The summed E-state index contributed by atoms with van der Waals surface area (Å²) >= 11 is 0. The summed E-state index contributed by atoms with van der Waals surface area (Å²) in [6.07, 6.45) is 2.59. The van der Waals surface area contributed by atoms with Gasteiger partial charge in [-0.2, -0.15) is 0 Å². The van der Waals surface area contributed by atoms with Crippen molar-refractivity contribution in [3.05, 3.63) is 0 Å². The Bertz CT molecular complexity index is 286. The van der Waals surface area contributed by atoms with Crippen molar-refractivity contribution in [2.45, 2.75) is 31.7 Å². The standard InChI is InChI=1S/C11H17NO4/c13-10(14)6-8-3-4-12(11(8)15)9-2-1-5-16-7-9/h8-9H,1-7H2,(H,13,14). The van der Waals surface area contributed by atoms with Crippen LogP contribution in [0.25, 0.3) is 0 Å². The first kappa shape index (κ1) is 11.4. The number of hydrogen-bond acceptors (Lipinski definition) is 3. The van der Waals surface area contributed by atoms with Crippen LogP contribution >= 0.6 is 0 Å². The van der Waals surface area contributed by atoms with Gasteiger partial charge in [0.2, 0.25) is 5.91 Å². The maximum Gasteiger partial charge on any atom is 0.304 e. The van der Waals surface area contributed by atoms with Crippen LogP contribution in [0, 0.1) is 5.92 Å². The van der Waals surface area contributed by atoms with Crippen molar-refractivity contribution in [1.82, 2.24) is 4.90 Å². The first-order chi connectivity index (χ1) is 7.68. The second-order valence-corrected chi connectivity index (χ2v) is 4.49. The molecule has 2 fully saturated rings. The molecule has 0 bridgehead atoms. The largest absolute Gasteiger partial charge is 0.481 e. The molecular weight excluding hydrogens is 210 g/mol. The minimum atomic E-state index is -0.889. The Morgan fingerprint density at radius 3 is 2.94 bits per heavy atom. The number of hydrogen-bond donors (Lipinski definition) is 1. The summed E-state index contributed by atoms with van der Waals surface area (Å²) in [6, 6.07) is 0.167. The highest BCUT2D eigenvalue weighted by atomic mass is 16.5. The molecule has 0 saturated carbocycles. The van der Waals surface area contributed by atoms with E-state index in [1.54, 1.807) is 0 Å². The van der Waals surface area contributed by atoms with Gasteiger partial charge in [0.25, 0.3) is 0 Å². The molecule has 2 rings (SSSR count). The molecule has 1 N–H and O–H groups in total. The van der Waals surface area contributed by atoms with Gasteiger partial charge in [-0.3, -0.25) is 9.59 Å². The predicted molar refractivity (Wildman–Crippen MR) is 55.9 cm³/mol. The van der Waals surface area contributed by atoms with Gasteiger partial charge in [0.05, 0.1) is 25.0 Å². The number of amides is 1. The van der Waals surface area contributed by atoms with Crippen molar-refractivity contribution in [3.63, 3.8) is 0 Å². The van der Waals surface area contributed by atoms with Crippen molar-refractivity contribution in [2.24, 2.45) is 5.92 Å². The van der Waals surface area contributed by atoms with Gasteiger partial charge in [-0.1, -0.05) is 0 Å². The zero-order valence-corrected chi connectivity index (χ0v) is 9.22. The average molecular weight is 227 g/mol. The third kappa shape index (κ3) is 2.35. The number of rotatable bonds is 3. The second kappa shape index (κ2) is 4.82. The van der Waals surface area contributed by atoms with E-state index in [-0.39, 0.29) is 24.3 Å². The molecule has 2 atom stereocenters. The van der Waals surface area contributed by atoms with Crippen molar-refractivity contribution in [2.75, 3.05) is 19.8 Å². The molecule has 90 valence electrons. The van der Waals surface area contributed by atoms with E-state index < -0.39 is 5.97 Å². The zero-order valence-electron chi connectivity index (χ0n) is 9.22. The lowest BCUT2D eigenvalue weighted by molar-refractivity contribution is -0.143. The van der Waals surface area contributed by atoms with Crippen LogP contribution in [0.15, 0.2) is 0 Å². The molecule has 0 radical (unpaired) electrons. The molecule has 2 unspecified atom stereocenters. The van der Waals surface area contributed by atoms with Crippen LogP contribution in [0.4, 0.5) is 0 Å². The fraction of sp³-hybridized carbons (Fsp3) is 0.818. The van der Waals surface area contributed by atoms with E-state index in [1.165, 1.54) is 0 Å². The number of likely N-dealkylation sites (tertiary alicyclic amines) is 1. The fourth-order valence-electron chi connectivity index (χ4n) is 2.50. The summed E-state index contributed by atoms with van der Waals surface area (Å²) in [4.78, 5) is 24.3. The van der Waals surface area contributed by atoms with E-state index in [0.717, 1.165) is 19.4 Å². The minimum absolute atomic E-state index is 0.00194. The summed E-state index contributed by atoms with van der Waals surface area (Å²) in [5.74, 6) is -1.21. The van der Waals surface area contributed by atoms with Gasteiger partial charge in [0.15, 0.2) is 0 Å². The second-order valence-electron chi connectivity index (χ2n) is 4.49. The van der Waals surface area contributed by atoms with Gasteiger partial charge >= 0.3 is 5.97 Å². The minimum Gasteiger partial charge on any atom is -0.481 e. The lowest BCUT2D eigenvalue weighted by Gasteiger charge is -2.31. The summed E-state index contributed by atoms with van der Waals surface area (Å²) in [5, 5.41) is 8.69. The molecule has 5 heteroatoms. The molecule has 0 aromatic heterocycles. The van der Waals surface area contributed by atoms with E-state index in [9.17, 15) is 9.59 Å². The molecule has 0 aromatic rings. The van der Waals surface area contributed by atoms with Gasteiger partial charge in [0.1, 0.15) is 0 Å². The van der Waals surface area contributed by atoms with Crippen LogP contribution in [0.1, 0.15) is 25.7 Å². The Morgan fingerprint density at radius 1 is 1.50 bits per heavy atom. The molecule has 0 aliphatic carbocycles. The van der Waals surface area contributed by atoms with Crippen LogP contribution in [-0.4, -0.2) is 47.7 Å². The topological polar surface area (TPSA) is 66.8 Å². The first-order valence-electron chi connectivity index (χ1n) is 5.78. The van der Waals surface area contributed by atoms with Crippen molar-refractivity contribution < 1.29 is 19.4 Å². The van der Waals surface area contributed by atoms with Crippen LogP contribution < -0.4 is 0 Å². The van der Waals surface area contributed by atoms with Gasteiger partial charge in [0, 0.05) is 13.2 Å². The predicted octanol–water partition coefficient (Wildman–Crippen LogP) is 0.489. The highest BCUT2D eigenvalue weighted by molar-refractivity contribution is 5.85. The number of carbonyl (C=O) groups excluding carboxylic acids is 1. The number of nitrogens with zero attached hydrogens (tertiary/aromatic N) is 1. The van der Waals surface area contributed by atoms with E-state index in [1.807, 2.05) is 4.90 Å². The van der Waals surface area contributed by atoms with Gasteiger partial charge in [-0.25, -0.2) is 0 Å². The number of carbonyl (C=O) groups is 2. The van der Waals surface area contributed by atoms with E-state index in [4.69, 9.17) is 9.84 Å². The van der Waals surface area contributed by atoms with Crippen LogP contribution in [-0.2, 0) is 14.3 Å². The third-order valence-electron chi connectivity index (χ3n) is 3.35. The van der Waals surface area contributed by atoms with Crippen LogP contribution in [0.5, 0.6) is 0 Å². The highest BCUT2D eigenvalue weighted by Crippen LogP contribution is 2.26. The summed E-state index contributed by atoms with van der Waals surface area (Å²) in [6.45, 7) is 2.06.